The maximum absolute atomic E-state index is 12.6. The highest BCUT2D eigenvalue weighted by Crippen LogP contribution is 2.35. The second kappa shape index (κ2) is 3.26. The molecule has 0 aliphatic rings. The van der Waals surface area contributed by atoms with Gasteiger partial charge < -0.3 is 9.47 Å². The Morgan fingerprint density at radius 1 is 1.17 bits per heavy atom. The maximum atomic E-state index is 12.6. The first-order valence-electron chi connectivity index (χ1n) is 2.68. The molecule has 7 heteroatoms. The minimum Gasteiger partial charge on any atom is -0.465 e. The van der Waals surface area contributed by atoms with Gasteiger partial charge in [-0.25, -0.2) is 4.79 Å². The molecule has 0 amide bonds. The number of alkyl halides is 4. The first-order chi connectivity index (χ1) is 5.29. The van der Waals surface area contributed by atoms with Crippen molar-refractivity contribution in [3.63, 3.8) is 0 Å². The summed E-state index contributed by atoms with van der Waals surface area (Å²) in [7, 11) is 1.05. The van der Waals surface area contributed by atoms with E-state index in [0.29, 0.717) is 14.2 Å². The second-order valence-electron chi connectivity index (χ2n) is 1.79. The molecule has 0 saturated carbocycles. The standard InChI is InChI=1S/C5H6F4O3/c1-11-3(10)4(6,12-2)5(7,8)9/h1-2H3/t4-/m1/s1. The van der Waals surface area contributed by atoms with E-state index < -0.39 is 18.0 Å². The monoisotopic (exact) mass is 190 g/mol. The molecule has 0 spiro atoms. The predicted molar refractivity (Wildman–Crippen MR) is 28.9 cm³/mol. The molecular formula is C5H6F4O3. The molecule has 0 aromatic rings. The van der Waals surface area contributed by atoms with Crippen LogP contribution in [-0.2, 0) is 14.3 Å². The highest BCUT2D eigenvalue weighted by Gasteiger charge is 2.64. The molecule has 12 heavy (non-hydrogen) atoms. The van der Waals surface area contributed by atoms with Gasteiger partial charge in [0.2, 0.25) is 0 Å². The Labute approximate surface area is 65.2 Å². The number of carbonyl (C=O) groups is 1. The molecule has 0 rings (SSSR count). The Morgan fingerprint density at radius 2 is 1.58 bits per heavy atom. The van der Waals surface area contributed by atoms with E-state index in [2.05, 4.69) is 9.47 Å². The van der Waals surface area contributed by atoms with Gasteiger partial charge in [-0.05, 0) is 0 Å². The lowest BCUT2D eigenvalue weighted by atomic mass is 10.3. The molecule has 72 valence electrons. The van der Waals surface area contributed by atoms with Gasteiger partial charge in [0.05, 0.1) is 7.11 Å². The Balaban J connectivity index is 4.80. The van der Waals surface area contributed by atoms with Crippen molar-refractivity contribution in [3.8, 4) is 0 Å². The van der Waals surface area contributed by atoms with Crippen molar-refractivity contribution in [2.45, 2.75) is 12.0 Å². The van der Waals surface area contributed by atoms with Gasteiger partial charge in [0, 0.05) is 7.11 Å². The average Bonchev–Trinajstić information content (AvgIpc) is 1.99. The summed E-state index contributed by atoms with van der Waals surface area (Å²) in [5.74, 6) is -6.50. The van der Waals surface area contributed by atoms with Crippen molar-refractivity contribution in [1.29, 1.82) is 0 Å². The quantitative estimate of drug-likeness (QED) is 0.482. The second-order valence-corrected chi connectivity index (χ2v) is 1.79. The van der Waals surface area contributed by atoms with Crippen LogP contribution in [-0.4, -0.2) is 32.2 Å². The average molecular weight is 190 g/mol. The number of rotatable bonds is 2. The van der Waals surface area contributed by atoms with Crippen LogP contribution in [0.4, 0.5) is 17.6 Å². The van der Waals surface area contributed by atoms with E-state index in [4.69, 9.17) is 0 Å². The molecule has 3 nitrogen and oxygen atoms in total. The molecular weight excluding hydrogens is 184 g/mol. The topological polar surface area (TPSA) is 35.5 Å². The summed E-state index contributed by atoms with van der Waals surface area (Å²) in [6.45, 7) is 0. The van der Waals surface area contributed by atoms with Crippen LogP contribution in [0.5, 0.6) is 0 Å². The van der Waals surface area contributed by atoms with Gasteiger partial charge in [0.25, 0.3) is 0 Å². The molecule has 0 unspecified atom stereocenters. The molecule has 1 atom stereocenters. The number of ether oxygens (including phenoxy) is 2. The summed E-state index contributed by atoms with van der Waals surface area (Å²) < 4.78 is 54.8. The largest absolute Gasteiger partial charge is 0.465 e. The molecule has 0 bridgehead atoms. The van der Waals surface area contributed by atoms with Crippen molar-refractivity contribution in [1.82, 2.24) is 0 Å². The van der Waals surface area contributed by atoms with E-state index in [0.717, 1.165) is 0 Å². The van der Waals surface area contributed by atoms with Gasteiger partial charge >= 0.3 is 18.0 Å². The van der Waals surface area contributed by atoms with Crippen LogP contribution in [0.2, 0.25) is 0 Å². The molecule has 0 heterocycles. The number of methoxy groups -OCH3 is 2. The molecule has 0 aliphatic carbocycles. The zero-order valence-corrected chi connectivity index (χ0v) is 6.24. The van der Waals surface area contributed by atoms with Gasteiger partial charge in [0.15, 0.2) is 0 Å². The Hall–Kier alpha value is -0.850. The summed E-state index contributed by atoms with van der Waals surface area (Å²) in [6.07, 6.45) is -5.44. The van der Waals surface area contributed by atoms with Crippen LogP contribution >= 0.6 is 0 Å². The SMILES string of the molecule is COC(=O)[C@@](F)(OC)C(F)(F)F. The van der Waals surface area contributed by atoms with Gasteiger partial charge in [-0.3, -0.25) is 0 Å². The fourth-order valence-corrected chi connectivity index (χ4v) is 0.446. The fraction of sp³-hybridized carbons (Fsp3) is 0.800. The van der Waals surface area contributed by atoms with Crippen LogP contribution in [0.25, 0.3) is 0 Å². The third-order valence-corrected chi connectivity index (χ3v) is 1.09. The van der Waals surface area contributed by atoms with Gasteiger partial charge in [-0.15, -0.1) is 0 Å². The maximum Gasteiger partial charge on any atom is 0.460 e. The lowest BCUT2D eigenvalue weighted by Crippen LogP contribution is -2.50. The summed E-state index contributed by atoms with van der Waals surface area (Å²) in [4.78, 5) is 10.3. The lowest BCUT2D eigenvalue weighted by molar-refractivity contribution is -0.315. The minimum absolute atomic E-state index is 0.421. The van der Waals surface area contributed by atoms with Crippen molar-refractivity contribution in [3.05, 3.63) is 0 Å². The van der Waals surface area contributed by atoms with E-state index in [-0.39, 0.29) is 0 Å². The number of esters is 1. The first kappa shape index (κ1) is 11.2. The predicted octanol–water partition coefficient (Wildman–Crippen LogP) is 1.03. The molecule has 0 radical (unpaired) electrons. The van der Waals surface area contributed by atoms with Crippen LogP contribution in [0.3, 0.4) is 0 Å². The molecule has 0 aromatic carbocycles. The third-order valence-electron chi connectivity index (χ3n) is 1.09. The molecule has 0 N–H and O–H groups in total. The normalized spacial score (nSPS) is 16.8. The molecule has 0 saturated heterocycles. The lowest BCUT2D eigenvalue weighted by Gasteiger charge is -2.22. The van der Waals surface area contributed by atoms with E-state index in [1.165, 1.54) is 0 Å². The number of hydrogen-bond acceptors (Lipinski definition) is 3. The zero-order valence-electron chi connectivity index (χ0n) is 6.24. The smallest absolute Gasteiger partial charge is 0.460 e. The van der Waals surface area contributed by atoms with E-state index in [1.54, 1.807) is 0 Å². The van der Waals surface area contributed by atoms with Crippen LogP contribution < -0.4 is 0 Å². The summed E-state index contributed by atoms with van der Waals surface area (Å²) in [5.41, 5.74) is 0. The van der Waals surface area contributed by atoms with Crippen LogP contribution in [0.1, 0.15) is 0 Å². The van der Waals surface area contributed by atoms with Crippen LogP contribution in [0.15, 0.2) is 0 Å². The highest BCUT2D eigenvalue weighted by molar-refractivity contribution is 5.78. The van der Waals surface area contributed by atoms with Crippen molar-refractivity contribution in [2.75, 3.05) is 14.2 Å². The van der Waals surface area contributed by atoms with Gasteiger partial charge in [-0.2, -0.15) is 17.6 Å². The molecule has 0 fully saturated rings. The summed E-state index contributed by atoms with van der Waals surface area (Å²) >= 11 is 0. The fourth-order valence-electron chi connectivity index (χ4n) is 0.446. The number of halogens is 4. The number of hydrogen-bond donors (Lipinski definition) is 0. The molecule has 0 aromatic heterocycles. The van der Waals surface area contributed by atoms with Crippen molar-refractivity contribution in [2.24, 2.45) is 0 Å². The van der Waals surface area contributed by atoms with Crippen LogP contribution in [0, 0.1) is 0 Å². The minimum atomic E-state index is -5.44. The Bertz CT molecular complexity index is 178. The summed E-state index contributed by atoms with van der Waals surface area (Å²) in [5, 5.41) is 0. The zero-order chi connectivity index (χ0) is 9.99. The first-order valence-corrected chi connectivity index (χ1v) is 2.68. The third kappa shape index (κ3) is 1.66. The molecule has 0 aliphatic heterocycles. The van der Waals surface area contributed by atoms with E-state index in [9.17, 15) is 22.4 Å². The number of carbonyl (C=O) groups excluding carboxylic acids is 1. The highest BCUT2D eigenvalue weighted by atomic mass is 19.4. The van der Waals surface area contributed by atoms with Gasteiger partial charge in [-0.1, -0.05) is 0 Å². The van der Waals surface area contributed by atoms with Gasteiger partial charge in [0.1, 0.15) is 0 Å². The van der Waals surface area contributed by atoms with E-state index in [1.807, 2.05) is 0 Å². The summed E-state index contributed by atoms with van der Waals surface area (Å²) in [6, 6.07) is 0. The van der Waals surface area contributed by atoms with E-state index >= 15 is 0 Å². The Kier molecular flexibility index (Phi) is 3.03. The van der Waals surface area contributed by atoms with Crippen molar-refractivity contribution >= 4 is 5.97 Å². The van der Waals surface area contributed by atoms with Crippen molar-refractivity contribution < 1.29 is 31.8 Å². The Morgan fingerprint density at radius 3 is 1.67 bits per heavy atom.